The normalized spacial score (nSPS) is 12.8. The van der Waals surface area contributed by atoms with Gasteiger partial charge in [0.2, 0.25) is 0 Å². The zero-order chi connectivity index (χ0) is 37.4. The third-order valence-corrected chi connectivity index (χ3v) is 11.0. The average Bonchev–Trinajstić information content (AvgIpc) is 3.13. The van der Waals surface area contributed by atoms with Gasteiger partial charge in [-0.15, -0.1) is 0 Å². The maximum absolute atomic E-state index is 12.8. The second-order valence-electron chi connectivity index (χ2n) is 14.5. The SMILES string of the molecule is CCCCCCCCCCCCC=CCCCCC(=O)Oc1nc2ccccc2nc1OP(O)(=S)OCCCCCCCCCCCCCCCC. The number of carbonyl (C=O) groups excluding carboxylic acids is 1. The van der Waals surface area contributed by atoms with E-state index in [1.807, 2.05) is 12.1 Å². The number of esters is 1. The van der Waals surface area contributed by atoms with E-state index in [2.05, 4.69) is 36.0 Å². The van der Waals surface area contributed by atoms with E-state index in [0.717, 1.165) is 38.5 Å². The van der Waals surface area contributed by atoms with E-state index in [-0.39, 0.29) is 18.2 Å². The van der Waals surface area contributed by atoms with Crippen molar-refractivity contribution < 1.29 is 23.5 Å². The van der Waals surface area contributed by atoms with E-state index in [9.17, 15) is 9.69 Å². The Hall–Kier alpha value is -1.86. The summed E-state index contributed by atoms with van der Waals surface area (Å²) >= 11 is 5.31. The number of carbonyl (C=O) groups is 1. The lowest BCUT2D eigenvalue weighted by molar-refractivity contribution is -0.134. The van der Waals surface area contributed by atoms with Crippen LogP contribution in [-0.2, 0) is 21.1 Å². The molecule has 2 rings (SSSR count). The Morgan fingerprint density at radius 3 is 1.50 bits per heavy atom. The van der Waals surface area contributed by atoms with Crippen molar-refractivity contribution in [2.45, 2.75) is 200 Å². The number of hydrogen-bond donors (Lipinski definition) is 1. The van der Waals surface area contributed by atoms with Crippen molar-refractivity contribution in [1.82, 2.24) is 9.97 Å². The molecule has 7 nitrogen and oxygen atoms in total. The lowest BCUT2D eigenvalue weighted by Gasteiger charge is -2.17. The quantitative estimate of drug-likeness (QED) is 0.0321. The number of para-hydroxylation sites is 2. The van der Waals surface area contributed by atoms with Crippen molar-refractivity contribution in [3.05, 3.63) is 36.4 Å². The molecule has 0 saturated carbocycles. The van der Waals surface area contributed by atoms with E-state index in [0.29, 0.717) is 24.1 Å². The largest absolute Gasteiger partial charge is 0.402 e. The van der Waals surface area contributed by atoms with Crippen molar-refractivity contribution in [2.75, 3.05) is 6.61 Å². The van der Waals surface area contributed by atoms with Crippen molar-refractivity contribution in [3.63, 3.8) is 0 Å². The molecule has 296 valence electrons. The number of rotatable bonds is 35. The van der Waals surface area contributed by atoms with E-state index >= 15 is 0 Å². The standard InChI is InChI=1S/C43H73N2O5PS/c1-3-5-7-9-11-13-15-17-19-20-21-23-25-27-29-31-37-41(46)49-42-43(45-40-36-33-32-35-39(40)44-42)50-51(47,52)48-38-34-30-28-26-24-22-18-16-14-12-10-8-6-4-2/h23,25,32-33,35-36H,3-22,24,26-31,34,37-38H2,1-2H3,(H,47,52). The van der Waals surface area contributed by atoms with Gasteiger partial charge in [0.05, 0.1) is 17.6 Å². The van der Waals surface area contributed by atoms with Crippen LogP contribution >= 0.6 is 6.72 Å². The first kappa shape index (κ1) is 46.3. The molecule has 1 unspecified atom stereocenters. The smallest absolute Gasteiger partial charge is 0.379 e. The summed E-state index contributed by atoms with van der Waals surface area (Å²) in [7, 11) is 0. The van der Waals surface area contributed by atoms with Crippen LogP contribution in [-0.4, -0.2) is 27.4 Å². The highest BCUT2D eigenvalue weighted by Gasteiger charge is 2.24. The lowest BCUT2D eigenvalue weighted by Crippen LogP contribution is -2.11. The van der Waals surface area contributed by atoms with Gasteiger partial charge in [0.15, 0.2) is 0 Å². The predicted octanol–water partition coefficient (Wildman–Crippen LogP) is 14.1. The minimum absolute atomic E-state index is 0.0940. The molecule has 0 saturated heterocycles. The summed E-state index contributed by atoms with van der Waals surface area (Å²) in [5.74, 6) is -0.629. The predicted molar refractivity (Wildman–Crippen MR) is 223 cm³/mol. The summed E-state index contributed by atoms with van der Waals surface area (Å²) in [6.07, 6.45) is 39.7. The van der Waals surface area contributed by atoms with Gasteiger partial charge in [-0.2, -0.15) is 0 Å². The van der Waals surface area contributed by atoms with Crippen LogP contribution in [0.1, 0.15) is 200 Å². The van der Waals surface area contributed by atoms with Crippen LogP contribution in [0, 0.1) is 0 Å². The Kier molecular flexibility index (Phi) is 28.0. The van der Waals surface area contributed by atoms with Gasteiger partial charge in [0, 0.05) is 18.2 Å². The number of allylic oxidation sites excluding steroid dienone is 2. The summed E-state index contributed by atoms with van der Waals surface area (Å²) in [5.41, 5.74) is 1.10. The van der Waals surface area contributed by atoms with Gasteiger partial charge in [-0.3, -0.25) is 9.32 Å². The zero-order valence-corrected chi connectivity index (χ0v) is 34.7. The van der Waals surface area contributed by atoms with Crippen molar-refractivity contribution >= 4 is 35.5 Å². The Labute approximate surface area is 322 Å². The van der Waals surface area contributed by atoms with Crippen LogP contribution in [0.15, 0.2) is 36.4 Å². The molecular formula is C43H73N2O5PS. The van der Waals surface area contributed by atoms with Gasteiger partial charge in [-0.1, -0.05) is 179 Å². The number of aromatic nitrogens is 2. The molecule has 1 N–H and O–H groups in total. The number of fused-ring (bicyclic) bond motifs is 1. The first-order valence-corrected chi connectivity index (χ1v) is 23.8. The van der Waals surface area contributed by atoms with Crippen LogP contribution in [0.5, 0.6) is 11.8 Å². The molecular weight excluding hydrogens is 688 g/mol. The number of benzene rings is 1. The maximum atomic E-state index is 12.8. The molecule has 0 aliphatic rings. The van der Waals surface area contributed by atoms with E-state index in [1.54, 1.807) is 12.1 Å². The average molecular weight is 761 g/mol. The Bertz CT molecular complexity index is 1260. The second-order valence-corrected chi connectivity index (χ2v) is 17.2. The minimum Gasteiger partial charge on any atom is -0.402 e. The summed E-state index contributed by atoms with van der Waals surface area (Å²) < 4.78 is 16.9. The molecule has 52 heavy (non-hydrogen) atoms. The summed E-state index contributed by atoms with van der Waals surface area (Å²) in [6, 6.07) is 7.23. The number of ether oxygens (including phenoxy) is 1. The number of hydrogen-bond acceptors (Lipinski definition) is 7. The molecule has 0 aliphatic heterocycles. The van der Waals surface area contributed by atoms with Gasteiger partial charge in [-0.05, 0) is 50.7 Å². The third kappa shape index (κ3) is 24.5. The summed E-state index contributed by atoms with van der Waals surface area (Å²) in [4.78, 5) is 32.5. The molecule has 2 aromatic rings. The second kappa shape index (κ2) is 31.5. The van der Waals surface area contributed by atoms with Crippen LogP contribution in [0.2, 0.25) is 0 Å². The fourth-order valence-electron chi connectivity index (χ4n) is 6.38. The molecule has 1 aromatic carbocycles. The van der Waals surface area contributed by atoms with Crippen molar-refractivity contribution in [1.29, 1.82) is 0 Å². The van der Waals surface area contributed by atoms with E-state index < -0.39 is 12.7 Å². The van der Waals surface area contributed by atoms with Crippen LogP contribution in [0.3, 0.4) is 0 Å². The maximum Gasteiger partial charge on any atom is 0.379 e. The molecule has 1 atom stereocenters. The van der Waals surface area contributed by atoms with Gasteiger partial charge < -0.3 is 14.2 Å². The van der Waals surface area contributed by atoms with Crippen LogP contribution in [0.4, 0.5) is 0 Å². The molecule has 0 aliphatic carbocycles. The topological polar surface area (TPSA) is 90.8 Å². The third-order valence-electron chi connectivity index (χ3n) is 9.57. The van der Waals surface area contributed by atoms with E-state index in [1.165, 1.54) is 135 Å². The fraction of sp³-hybridized carbons (Fsp3) is 0.744. The summed E-state index contributed by atoms with van der Waals surface area (Å²) in [5, 5.41) is 0. The van der Waals surface area contributed by atoms with Crippen LogP contribution < -0.4 is 9.26 Å². The highest BCUT2D eigenvalue weighted by molar-refractivity contribution is 8.07. The minimum atomic E-state index is -3.67. The molecule has 1 heterocycles. The van der Waals surface area contributed by atoms with Gasteiger partial charge >= 0.3 is 12.7 Å². The first-order valence-electron chi connectivity index (χ1n) is 21.2. The monoisotopic (exact) mass is 760 g/mol. The van der Waals surface area contributed by atoms with Crippen molar-refractivity contribution in [3.8, 4) is 11.8 Å². The molecule has 1 aromatic heterocycles. The number of unbranched alkanes of at least 4 members (excludes halogenated alkanes) is 25. The highest BCUT2D eigenvalue weighted by Crippen LogP contribution is 2.46. The van der Waals surface area contributed by atoms with E-state index in [4.69, 9.17) is 25.6 Å². The zero-order valence-electron chi connectivity index (χ0n) is 33.0. The first-order chi connectivity index (χ1) is 25.4. The van der Waals surface area contributed by atoms with Crippen LogP contribution in [0.25, 0.3) is 11.0 Å². The molecule has 0 radical (unpaired) electrons. The van der Waals surface area contributed by atoms with Gasteiger partial charge in [0.1, 0.15) is 0 Å². The fourth-order valence-corrected chi connectivity index (χ4v) is 7.57. The molecule has 0 amide bonds. The molecule has 0 bridgehead atoms. The lowest BCUT2D eigenvalue weighted by atomic mass is 10.0. The van der Waals surface area contributed by atoms with Gasteiger partial charge in [-0.25, -0.2) is 9.97 Å². The summed E-state index contributed by atoms with van der Waals surface area (Å²) in [6.45, 7) is 1.16. The highest BCUT2D eigenvalue weighted by atomic mass is 32.5. The van der Waals surface area contributed by atoms with Crippen molar-refractivity contribution in [2.24, 2.45) is 0 Å². The van der Waals surface area contributed by atoms with Gasteiger partial charge in [0.25, 0.3) is 11.8 Å². The molecule has 0 fully saturated rings. The molecule has 9 heteroatoms. The number of nitrogens with zero attached hydrogens (tertiary/aromatic N) is 2. The Morgan fingerprint density at radius 1 is 0.615 bits per heavy atom. The Morgan fingerprint density at radius 2 is 1.02 bits per heavy atom. The Balaban J connectivity index is 1.62. The molecule has 0 spiro atoms.